The van der Waals surface area contributed by atoms with Crippen LogP contribution in [0.25, 0.3) is 0 Å². The molecule has 2 N–H and O–H groups in total. The molecule has 0 fully saturated rings. The lowest BCUT2D eigenvalue weighted by Crippen LogP contribution is -2.21. The number of aromatic nitrogens is 2. The summed E-state index contributed by atoms with van der Waals surface area (Å²) in [4.78, 5) is 8.57. The van der Waals surface area contributed by atoms with Crippen molar-refractivity contribution in [3.63, 3.8) is 0 Å². The van der Waals surface area contributed by atoms with Crippen molar-refractivity contribution in [2.45, 2.75) is 13.8 Å². The van der Waals surface area contributed by atoms with E-state index in [4.69, 9.17) is 21.7 Å². The molecule has 0 aliphatic heterocycles. The van der Waals surface area contributed by atoms with Crippen LogP contribution in [0.15, 0.2) is 24.3 Å². The van der Waals surface area contributed by atoms with Gasteiger partial charge in [-0.1, -0.05) is 0 Å². The Bertz CT molecular complexity index is 671. The minimum absolute atomic E-state index is 0.383. The highest BCUT2D eigenvalue weighted by Crippen LogP contribution is 2.29. The predicted octanol–water partition coefficient (Wildman–Crippen LogP) is 2.92. The maximum atomic E-state index is 5.32. The number of aryl methyl sites for hydroxylation is 2. The van der Waals surface area contributed by atoms with Gasteiger partial charge in [-0.25, -0.2) is 9.97 Å². The van der Waals surface area contributed by atoms with Crippen LogP contribution in [-0.4, -0.2) is 29.3 Å². The van der Waals surface area contributed by atoms with Gasteiger partial charge in [0.1, 0.15) is 11.5 Å². The number of hydrogen-bond donors (Lipinski definition) is 2. The molecule has 0 unspecified atom stereocenters. The maximum Gasteiger partial charge on any atom is 0.229 e. The average Bonchev–Trinajstić information content (AvgIpc) is 2.46. The largest absolute Gasteiger partial charge is 0.497 e. The van der Waals surface area contributed by atoms with Gasteiger partial charge >= 0.3 is 0 Å². The lowest BCUT2D eigenvalue weighted by atomic mass is 10.2. The van der Waals surface area contributed by atoms with E-state index in [1.165, 1.54) is 0 Å². The summed E-state index contributed by atoms with van der Waals surface area (Å²) in [5.74, 6) is 1.80. The molecule has 6 nitrogen and oxygen atoms in total. The van der Waals surface area contributed by atoms with Gasteiger partial charge in [-0.05, 0) is 44.3 Å². The van der Waals surface area contributed by atoms with Gasteiger partial charge in [0.2, 0.25) is 5.95 Å². The van der Waals surface area contributed by atoms with Crippen molar-refractivity contribution in [3.8, 4) is 11.5 Å². The number of methoxy groups -OCH3 is 2. The minimum Gasteiger partial charge on any atom is -0.497 e. The molecule has 1 aromatic heterocycles. The van der Waals surface area contributed by atoms with Crippen molar-refractivity contribution in [2.75, 3.05) is 24.9 Å². The molecule has 0 saturated carbocycles. The highest BCUT2D eigenvalue weighted by molar-refractivity contribution is 7.80. The first-order chi connectivity index (χ1) is 10.5. The summed E-state index contributed by atoms with van der Waals surface area (Å²) in [6.07, 6.45) is 0. The number of nitrogens with one attached hydrogen (secondary N) is 2. The van der Waals surface area contributed by atoms with Crippen LogP contribution in [0.2, 0.25) is 0 Å². The topological polar surface area (TPSA) is 68.3 Å². The molecule has 2 rings (SSSR count). The Labute approximate surface area is 134 Å². The van der Waals surface area contributed by atoms with E-state index in [1.54, 1.807) is 20.3 Å². The number of ether oxygens (including phenoxy) is 2. The molecule has 1 heterocycles. The summed E-state index contributed by atoms with van der Waals surface area (Å²) in [5.41, 5.74) is 2.48. The fraction of sp³-hybridized carbons (Fsp3) is 0.267. The van der Waals surface area contributed by atoms with Crippen LogP contribution in [0.4, 0.5) is 11.6 Å². The summed E-state index contributed by atoms with van der Waals surface area (Å²) in [7, 11) is 3.19. The summed E-state index contributed by atoms with van der Waals surface area (Å²) in [6.45, 7) is 3.81. The molecule has 0 atom stereocenters. The predicted molar refractivity (Wildman–Crippen MR) is 90.9 cm³/mol. The molecule has 0 aliphatic carbocycles. The van der Waals surface area contributed by atoms with Crippen molar-refractivity contribution in [1.29, 1.82) is 0 Å². The highest BCUT2D eigenvalue weighted by atomic mass is 32.1. The SMILES string of the molecule is COc1ccc(NC(=S)Nc2nc(C)cc(C)n2)c(OC)c1. The second-order valence-electron chi connectivity index (χ2n) is 4.62. The molecule has 7 heteroatoms. The summed E-state index contributed by atoms with van der Waals surface area (Å²) < 4.78 is 10.5. The van der Waals surface area contributed by atoms with Crippen LogP contribution in [0, 0.1) is 13.8 Å². The van der Waals surface area contributed by atoms with E-state index in [1.807, 2.05) is 32.0 Å². The molecule has 116 valence electrons. The van der Waals surface area contributed by atoms with Crippen molar-refractivity contribution < 1.29 is 9.47 Å². The van der Waals surface area contributed by atoms with Crippen LogP contribution < -0.4 is 20.1 Å². The fourth-order valence-corrected chi connectivity index (χ4v) is 2.14. The third-order valence-electron chi connectivity index (χ3n) is 2.86. The first-order valence-corrected chi connectivity index (χ1v) is 7.05. The molecular weight excluding hydrogens is 300 g/mol. The van der Waals surface area contributed by atoms with Gasteiger partial charge < -0.3 is 20.1 Å². The van der Waals surface area contributed by atoms with E-state index in [0.717, 1.165) is 17.1 Å². The number of benzene rings is 1. The Morgan fingerprint density at radius 1 is 1.00 bits per heavy atom. The lowest BCUT2D eigenvalue weighted by molar-refractivity contribution is 0.395. The quantitative estimate of drug-likeness (QED) is 0.840. The van der Waals surface area contributed by atoms with Gasteiger partial charge in [0.05, 0.1) is 19.9 Å². The number of anilines is 2. The van der Waals surface area contributed by atoms with Crippen LogP contribution in [0.5, 0.6) is 11.5 Å². The molecule has 0 bridgehead atoms. The number of thiocarbonyl (C=S) groups is 1. The lowest BCUT2D eigenvalue weighted by Gasteiger charge is -2.14. The zero-order valence-electron chi connectivity index (χ0n) is 12.9. The maximum absolute atomic E-state index is 5.32. The summed E-state index contributed by atoms with van der Waals surface area (Å²) in [5, 5.41) is 6.41. The Morgan fingerprint density at radius 3 is 2.27 bits per heavy atom. The third kappa shape index (κ3) is 4.05. The second kappa shape index (κ2) is 7.04. The van der Waals surface area contributed by atoms with E-state index < -0.39 is 0 Å². The van der Waals surface area contributed by atoms with E-state index in [2.05, 4.69) is 20.6 Å². The molecular formula is C15H18N4O2S. The minimum atomic E-state index is 0.383. The Balaban J connectivity index is 2.11. The van der Waals surface area contributed by atoms with Crippen molar-refractivity contribution in [3.05, 3.63) is 35.7 Å². The van der Waals surface area contributed by atoms with Gasteiger partial charge in [0.15, 0.2) is 5.11 Å². The molecule has 2 aromatic rings. The van der Waals surface area contributed by atoms with E-state index in [9.17, 15) is 0 Å². The average molecular weight is 318 g/mol. The Hall–Kier alpha value is -2.41. The summed E-state index contributed by atoms with van der Waals surface area (Å²) in [6, 6.07) is 7.32. The second-order valence-corrected chi connectivity index (χ2v) is 5.03. The first-order valence-electron chi connectivity index (χ1n) is 6.64. The molecule has 22 heavy (non-hydrogen) atoms. The van der Waals surface area contributed by atoms with E-state index >= 15 is 0 Å². The van der Waals surface area contributed by atoms with Crippen molar-refractivity contribution in [1.82, 2.24) is 9.97 Å². The Kier molecular flexibility index (Phi) is 5.11. The fourth-order valence-electron chi connectivity index (χ4n) is 1.94. The number of nitrogens with zero attached hydrogens (tertiary/aromatic N) is 2. The number of hydrogen-bond acceptors (Lipinski definition) is 5. The standard InChI is InChI=1S/C15H18N4O2S/c1-9-7-10(2)17-14(16-9)19-15(22)18-12-6-5-11(20-3)8-13(12)21-4/h5-8H,1-4H3,(H2,16,17,18,19,22). The zero-order valence-corrected chi connectivity index (χ0v) is 13.7. The van der Waals surface area contributed by atoms with Gasteiger partial charge in [0.25, 0.3) is 0 Å². The van der Waals surface area contributed by atoms with E-state index in [0.29, 0.717) is 22.6 Å². The smallest absolute Gasteiger partial charge is 0.229 e. The normalized spacial score (nSPS) is 10.0. The zero-order chi connectivity index (χ0) is 16.1. The summed E-state index contributed by atoms with van der Waals surface area (Å²) >= 11 is 5.28. The van der Waals surface area contributed by atoms with Gasteiger partial charge in [-0.15, -0.1) is 0 Å². The molecule has 0 saturated heterocycles. The molecule has 0 aliphatic rings. The molecule has 0 spiro atoms. The molecule has 1 aromatic carbocycles. The number of rotatable bonds is 4. The third-order valence-corrected chi connectivity index (χ3v) is 3.07. The van der Waals surface area contributed by atoms with Crippen LogP contribution in [-0.2, 0) is 0 Å². The van der Waals surface area contributed by atoms with E-state index in [-0.39, 0.29) is 0 Å². The molecule has 0 amide bonds. The van der Waals surface area contributed by atoms with Crippen molar-refractivity contribution >= 4 is 29.0 Å². The molecule has 0 radical (unpaired) electrons. The Morgan fingerprint density at radius 2 is 1.68 bits per heavy atom. The first kappa shape index (κ1) is 16.0. The van der Waals surface area contributed by atoms with Crippen LogP contribution in [0.3, 0.4) is 0 Å². The highest BCUT2D eigenvalue weighted by Gasteiger charge is 2.08. The monoisotopic (exact) mass is 318 g/mol. The van der Waals surface area contributed by atoms with Crippen LogP contribution >= 0.6 is 12.2 Å². The van der Waals surface area contributed by atoms with Crippen molar-refractivity contribution in [2.24, 2.45) is 0 Å². The van der Waals surface area contributed by atoms with Gasteiger partial charge in [-0.3, -0.25) is 0 Å². The van der Waals surface area contributed by atoms with Gasteiger partial charge in [-0.2, -0.15) is 0 Å². The van der Waals surface area contributed by atoms with Crippen LogP contribution in [0.1, 0.15) is 11.4 Å². The van der Waals surface area contributed by atoms with Gasteiger partial charge in [0, 0.05) is 17.5 Å².